The van der Waals surface area contributed by atoms with Crippen LogP contribution in [0.1, 0.15) is 89.2 Å². The Hall–Kier alpha value is -2.41. The Labute approximate surface area is 212 Å². The number of rotatable bonds is 11. The highest BCUT2D eigenvalue weighted by atomic mass is 19.1. The highest BCUT2D eigenvalue weighted by Crippen LogP contribution is 2.34. The van der Waals surface area contributed by atoms with E-state index in [2.05, 4.69) is 68.5 Å². The maximum Gasteiger partial charge on any atom is 0.138 e. The van der Waals surface area contributed by atoms with Crippen molar-refractivity contribution in [2.24, 2.45) is 11.8 Å². The Morgan fingerprint density at radius 1 is 0.800 bits per heavy atom. The normalized spacial score (nSPS) is 18.5. The fraction of sp³-hybridized carbons (Fsp3) is 0.471. The molecule has 1 aliphatic carbocycles. The van der Waals surface area contributed by atoms with Crippen LogP contribution in [0.2, 0.25) is 0 Å². The molecule has 0 aliphatic heterocycles. The lowest BCUT2D eigenvalue weighted by atomic mass is 9.78. The zero-order valence-corrected chi connectivity index (χ0v) is 21.9. The van der Waals surface area contributed by atoms with Gasteiger partial charge in [0.25, 0.3) is 0 Å². The molecule has 0 unspecified atom stereocenters. The molecule has 0 amide bonds. The van der Waals surface area contributed by atoms with E-state index in [0.717, 1.165) is 41.0 Å². The van der Waals surface area contributed by atoms with Gasteiger partial charge in [-0.2, -0.15) is 0 Å². The van der Waals surface area contributed by atoms with Crippen LogP contribution in [0.25, 0.3) is 21.9 Å². The third kappa shape index (κ3) is 7.06. The lowest BCUT2D eigenvalue weighted by Gasteiger charge is -2.28. The second kappa shape index (κ2) is 13.1. The molecule has 0 aromatic heterocycles. The first kappa shape index (κ1) is 25.7. The van der Waals surface area contributed by atoms with Crippen molar-refractivity contribution in [3.63, 3.8) is 0 Å². The Bertz CT molecular complexity index is 1080. The summed E-state index contributed by atoms with van der Waals surface area (Å²) in [7, 11) is 0. The minimum absolute atomic E-state index is 0.0958. The molecule has 0 nitrogen and oxygen atoms in total. The number of hydrogen-bond acceptors (Lipinski definition) is 0. The Balaban J connectivity index is 1.33. The van der Waals surface area contributed by atoms with Gasteiger partial charge in [-0.1, -0.05) is 112 Å². The molecule has 1 aliphatic rings. The minimum Gasteiger partial charge on any atom is -0.206 e. The zero-order chi connectivity index (χ0) is 24.5. The van der Waals surface area contributed by atoms with E-state index in [-0.39, 0.29) is 5.82 Å². The first-order valence-electron chi connectivity index (χ1n) is 14.1. The second-order valence-corrected chi connectivity index (χ2v) is 10.7. The van der Waals surface area contributed by atoms with Crippen LogP contribution >= 0.6 is 0 Å². The van der Waals surface area contributed by atoms with E-state index >= 15 is 4.39 Å². The first-order valence-corrected chi connectivity index (χ1v) is 14.1. The molecule has 0 bridgehead atoms. The summed E-state index contributed by atoms with van der Waals surface area (Å²) in [4.78, 5) is 0. The molecule has 0 N–H and O–H groups in total. The summed E-state index contributed by atoms with van der Waals surface area (Å²) >= 11 is 0. The predicted molar refractivity (Wildman–Crippen MR) is 150 cm³/mol. The maximum atomic E-state index is 15.4. The molecular formula is C34H43F. The van der Waals surface area contributed by atoms with Gasteiger partial charge in [-0.25, -0.2) is 4.39 Å². The van der Waals surface area contributed by atoms with Crippen molar-refractivity contribution in [3.05, 3.63) is 83.7 Å². The molecule has 0 saturated heterocycles. The quantitative estimate of drug-likeness (QED) is 0.193. The average Bonchev–Trinajstić information content (AvgIpc) is 2.89. The van der Waals surface area contributed by atoms with Gasteiger partial charge in [0.1, 0.15) is 5.82 Å². The maximum absolute atomic E-state index is 15.4. The van der Waals surface area contributed by atoms with Gasteiger partial charge in [-0.15, -0.1) is 0 Å². The van der Waals surface area contributed by atoms with E-state index in [1.54, 1.807) is 0 Å². The molecule has 186 valence electrons. The van der Waals surface area contributed by atoms with Crippen molar-refractivity contribution in [1.82, 2.24) is 0 Å². The monoisotopic (exact) mass is 470 g/mol. The Morgan fingerprint density at radius 2 is 1.51 bits per heavy atom. The van der Waals surface area contributed by atoms with Crippen LogP contribution in [0.5, 0.6) is 0 Å². The number of hydrogen-bond donors (Lipinski definition) is 0. The molecule has 35 heavy (non-hydrogen) atoms. The summed E-state index contributed by atoms with van der Waals surface area (Å²) < 4.78 is 15.4. The van der Waals surface area contributed by atoms with E-state index in [1.807, 2.05) is 12.1 Å². The van der Waals surface area contributed by atoms with Crippen molar-refractivity contribution < 1.29 is 4.39 Å². The van der Waals surface area contributed by atoms with Crippen LogP contribution in [-0.4, -0.2) is 0 Å². The number of fused-ring (bicyclic) bond motifs is 1. The standard InChI is InChI=1S/C34H43F/c1-3-5-7-9-26-11-13-27(14-12-26)15-16-28-17-20-30(21-18-28)32-24-22-31-25-29(10-8-6-4-2)19-23-33(31)34(32)35/h3,5,17-27H,4,6-16H2,1-2H3/b5-3+. The highest BCUT2D eigenvalue weighted by molar-refractivity contribution is 5.88. The lowest BCUT2D eigenvalue weighted by Crippen LogP contribution is -2.15. The second-order valence-electron chi connectivity index (χ2n) is 10.7. The Morgan fingerprint density at radius 3 is 2.23 bits per heavy atom. The van der Waals surface area contributed by atoms with E-state index < -0.39 is 0 Å². The summed E-state index contributed by atoms with van der Waals surface area (Å²) in [5.74, 6) is 1.71. The third-order valence-electron chi connectivity index (χ3n) is 8.14. The van der Waals surface area contributed by atoms with Crippen LogP contribution in [0, 0.1) is 17.7 Å². The van der Waals surface area contributed by atoms with Gasteiger partial charge in [-0.05, 0) is 79.4 Å². The molecule has 4 rings (SSSR count). The zero-order valence-electron chi connectivity index (χ0n) is 21.9. The van der Waals surface area contributed by atoms with Crippen molar-refractivity contribution >= 4 is 10.8 Å². The van der Waals surface area contributed by atoms with Crippen LogP contribution < -0.4 is 0 Å². The fourth-order valence-corrected chi connectivity index (χ4v) is 5.83. The number of halogens is 1. The van der Waals surface area contributed by atoms with Crippen molar-refractivity contribution in [2.75, 3.05) is 0 Å². The fourth-order valence-electron chi connectivity index (χ4n) is 5.83. The van der Waals surface area contributed by atoms with E-state index in [0.29, 0.717) is 5.56 Å². The van der Waals surface area contributed by atoms with Crippen molar-refractivity contribution in [1.29, 1.82) is 0 Å². The van der Waals surface area contributed by atoms with Crippen molar-refractivity contribution in [2.45, 2.75) is 90.9 Å². The largest absolute Gasteiger partial charge is 0.206 e. The number of allylic oxidation sites excluding steroid dienone is 2. The minimum atomic E-state index is -0.0958. The third-order valence-corrected chi connectivity index (χ3v) is 8.14. The van der Waals surface area contributed by atoms with Gasteiger partial charge < -0.3 is 0 Å². The molecule has 1 saturated carbocycles. The highest BCUT2D eigenvalue weighted by Gasteiger charge is 2.20. The van der Waals surface area contributed by atoms with Crippen LogP contribution in [0.4, 0.5) is 4.39 Å². The molecule has 1 heteroatoms. The van der Waals surface area contributed by atoms with Gasteiger partial charge in [0.15, 0.2) is 0 Å². The van der Waals surface area contributed by atoms with E-state index in [1.165, 1.54) is 75.3 Å². The predicted octanol–water partition coefficient (Wildman–Crippen LogP) is 10.5. The average molecular weight is 471 g/mol. The number of unbranched alkanes of at least 4 members (excludes halogenated alkanes) is 2. The van der Waals surface area contributed by atoms with Gasteiger partial charge >= 0.3 is 0 Å². The molecular weight excluding hydrogens is 427 g/mol. The summed E-state index contributed by atoms with van der Waals surface area (Å²) in [5.41, 5.74) is 4.37. The van der Waals surface area contributed by atoms with E-state index in [9.17, 15) is 0 Å². The summed E-state index contributed by atoms with van der Waals surface area (Å²) in [6, 6.07) is 18.9. The summed E-state index contributed by atoms with van der Waals surface area (Å²) in [6.07, 6.45) is 19.9. The van der Waals surface area contributed by atoms with Gasteiger partial charge in [0, 0.05) is 10.9 Å². The van der Waals surface area contributed by atoms with Gasteiger partial charge in [-0.3, -0.25) is 0 Å². The molecule has 1 fully saturated rings. The van der Waals surface area contributed by atoms with Crippen molar-refractivity contribution in [3.8, 4) is 11.1 Å². The van der Waals surface area contributed by atoms with E-state index in [4.69, 9.17) is 0 Å². The topological polar surface area (TPSA) is 0 Å². The van der Waals surface area contributed by atoms with Gasteiger partial charge in [0.2, 0.25) is 0 Å². The van der Waals surface area contributed by atoms with Crippen LogP contribution in [0.3, 0.4) is 0 Å². The smallest absolute Gasteiger partial charge is 0.138 e. The first-order chi connectivity index (χ1) is 17.2. The van der Waals surface area contributed by atoms with Crippen LogP contribution in [-0.2, 0) is 12.8 Å². The number of aryl methyl sites for hydroxylation is 2. The molecule has 0 spiro atoms. The van der Waals surface area contributed by atoms with Gasteiger partial charge in [0.05, 0.1) is 0 Å². The summed E-state index contributed by atoms with van der Waals surface area (Å²) in [6.45, 7) is 4.34. The molecule has 0 atom stereocenters. The number of benzene rings is 3. The molecule has 3 aromatic carbocycles. The molecule has 3 aromatic rings. The molecule has 0 heterocycles. The van der Waals surface area contributed by atoms with Crippen LogP contribution in [0.15, 0.2) is 66.7 Å². The lowest BCUT2D eigenvalue weighted by molar-refractivity contribution is 0.254. The molecule has 0 radical (unpaired) electrons. The SMILES string of the molecule is C/C=C/CCC1CCC(CCc2ccc(-c3ccc4cc(CCCCC)ccc4c3F)cc2)CC1. The Kier molecular flexibility index (Phi) is 9.57. The summed E-state index contributed by atoms with van der Waals surface area (Å²) in [5, 5.41) is 1.74.